The molecular weight excluding hydrogens is 375 g/mol. The lowest BCUT2D eigenvalue weighted by atomic mass is 10.4. The Bertz CT molecular complexity index is 627. The number of nitrogens with zero attached hydrogens (tertiary/aromatic N) is 1. The van der Waals surface area contributed by atoms with Gasteiger partial charge in [-0.05, 0) is 28.1 Å². The maximum Gasteiger partial charge on any atom is 0.443 e. The van der Waals surface area contributed by atoms with Gasteiger partial charge in [0.15, 0.2) is 10.8 Å². The third-order valence-electron chi connectivity index (χ3n) is 2.22. The SMILES string of the molecule is O=C(CSc1ccccc1Br)c1cnc(C(F)(F)F)s1. The van der Waals surface area contributed by atoms with Gasteiger partial charge in [0.2, 0.25) is 0 Å². The van der Waals surface area contributed by atoms with Crippen molar-refractivity contribution in [3.05, 3.63) is 44.8 Å². The Balaban J connectivity index is 2.02. The van der Waals surface area contributed by atoms with Gasteiger partial charge >= 0.3 is 6.18 Å². The number of Topliss-reactive ketones (excluding diaryl/α,β-unsaturated/α-hetero) is 1. The van der Waals surface area contributed by atoms with Gasteiger partial charge in [-0.2, -0.15) is 13.2 Å². The Morgan fingerprint density at radius 1 is 1.35 bits per heavy atom. The van der Waals surface area contributed by atoms with Gasteiger partial charge in [-0.3, -0.25) is 4.79 Å². The molecule has 2 rings (SSSR count). The topological polar surface area (TPSA) is 30.0 Å². The van der Waals surface area contributed by atoms with Gasteiger partial charge in [0.1, 0.15) is 0 Å². The van der Waals surface area contributed by atoms with Crippen molar-refractivity contribution in [2.75, 3.05) is 5.75 Å². The second kappa shape index (κ2) is 6.28. The lowest BCUT2D eigenvalue weighted by molar-refractivity contribution is -0.137. The Morgan fingerprint density at radius 2 is 2.05 bits per heavy atom. The normalized spacial score (nSPS) is 11.6. The average molecular weight is 382 g/mol. The highest BCUT2D eigenvalue weighted by Crippen LogP contribution is 2.33. The Kier molecular flexibility index (Phi) is 4.87. The van der Waals surface area contributed by atoms with E-state index < -0.39 is 11.2 Å². The van der Waals surface area contributed by atoms with E-state index in [1.165, 1.54) is 11.8 Å². The van der Waals surface area contributed by atoms with Crippen LogP contribution in [-0.2, 0) is 6.18 Å². The monoisotopic (exact) mass is 381 g/mol. The molecule has 0 N–H and O–H groups in total. The molecule has 8 heteroatoms. The third-order valence-corrected chi connectivity index (χ3v) is 5.33. The maximum atomic E-state index is 12.4. The smallest absolute Gasteiger partial charge is 0.292 e. The number of aromatic nitrogens is 1. The summed E-state index contributed by atoms with van der Waals surface area (Å²) in [6.45, 7) is 0. The van der Waals surface area contributed by atoms with Gasteiger partial charge in [0, 0.05) is 15.6 Å². The highest BCUT2D eigenvalue weighted by Gasteiger charge is 2.35. The molecule has 2 nitrogen and oxygen atoms in total. The number of benzene rings is 1. The molecule has 0 radical (unpaired) electrons. The molecule has 0 saturated carbocycles. The summed E-state index contributed by atoms with van der Waals surface area (Å²) in [5.74, 6) is -0.291. The van der Waals surface area contributed by atoms with Crippen LogP contribution in [0.1, 0.15) is 14.7 Å². The number of hydrogen-bond donors (Lipinski definition) is 0. The molecular formula is C12H7BrF3NOS2. The van der Waals surface area contributed by atoms with Crippen LogP contribution in [0.5, 0.6) is 0 Å². The fourth-order valence-electron chi connectivity index (χ4n) is 1.31. The largest absolute Gasteiger partial charge is 0.443 e. The molecule has 20 heavy (non-hydrogen) atoms. The molecule has 0 saturated heterocycles. The Morgan fingerprint density at radius 3 is 2.65 bits per heavy atom. The molecule has 0 spiro atoms. The van der Waals surface area contributed by atoms with Gasteiger partial charge in [-0.25, -0.2) is 4.98 Å². The zero-order valence-corrected chi connectivity index (χ0v) is 13.0. The predicted octanol–water partition coefficient (Wildman–Crippen LogP) is 4.90. The lowest BCUT2D eigenvalue weighted by Crippen LogP contribution is -2.03. The second-order valence-electron chi connectivity index (χ2n) is 3.67. The molecule has 0 aliphatic heterocycles. The second-order valence-corrected chi connectivity index (χ2v) is 6.57. The Hall–Kier alpha value is -0.860. The summed E-state index contributed by atoms with van der Waals surface area (Å²) >= 11 is 4.99. The summed E-state index contributed by atoms with van der Waals surface area (Å²) in [6, 6.07) is 7.33. The number of hydrogen-bond acceptors (Lipinski definition) is 4. The third kappa shape index (κ3) is 3.83. The summed E-state index contributed by atoms with van der Waals surface area (Å²) < 4.78 is 38.0. The van der Waals surface area contributed by atoms with Crippen LogP contribution in [0.4, 0.5) is 13.2 Å². The van der Waals surface area contributed by atoms with Gasteiger partial charge in [-0.1, -0.05) is 12.1 Å². The summed E-state index contributed by atoms with van der Waals surface area (Å²) in [4.78, 5) is 16.0. The number of ketones is 1. The number of carbonyl (C=O) groups is 1. The first-order chi connectivity index (χ1) is 9.38. The maximum absolute atomic E-state index is 12.4. The first kappa shape index (κ1) is 15.5. The first-order valence-corrected chi connectivity index (χ1v) is 7.91. The molecule has 0 aliphatic carbocycles. The van der Waals surface area contributed by atoms with Crippen LogP contribution in [0, 0.1) is 0 Å². The highest BCUT2D eigenvalue weighted by molar-refractivity contribution is 9.10. The predicted molar refractivity (Wildman–Crippen MR) is 76.3 cm³/mol. The van der Waals surface area contributed by atoms with Gasteiger partial charge in [0.25, 0.3) is 0 Å². The van der Waals surface area contributed by atoms with Crippen molar-refractivity contribution in [1.29, 1.82) is 0 Å². The lowest BCUT2D eigenvalue weighted by Gasteiger charge is -2.02. The van der Waals surface area contributed by atoms with Crippen molar-refractivity contribution in [3.8, 4) is 0 Å². The van der Waals surface area contributed by atoms with E-state index in [0.29, 0.717) is 11.3 Å². The zero-order valence-electron chi connectivity index (χ0n) is 9.78. The number of rotatable bonds is 4. The van der Waals surface area contributed by atoms with Crippen molar-refractivity contribution in [2.45, 2.75) is 11.1 Å². The minimum absolute atomic E-state index is 0.0249. The van der Waals surface area contributed by atoms with E-state index in [1.807, 2.05) is 24.3 Å². The van der Waals surface area contributed by atoms with E-state index in [0.717, 1.165) is 15.6 Å². The molecule has 0 fully saturated rings. The van der Waals surface area contributed by atoms with E-state index in [1.54, 1.807) is 0 Å². The molecule has 2 aromatic rings. The molecule has 106 valence electrons. The van der Waals surface area contributed by atoms with Crippen LogP contribution >= 0.6 is 39.0 Å². The van der Waals surface area contributed by atoms with Crippen LogP contribution in [0.2, 0.25) is 0 Å². The number of carbonyl (C=O) groups excluding carboxylic acids is 1. The number of thiazole rings is 1. The number of thioether (sulfide) groups is 1. The van der Waals surface area contributed by atoms with Crippen molar-refractivity contribution < 1.29 is 18.0 Å². The Labute approximate surface area is 129 Å². The summed E-state index contributed by atoms with van der Waals surface area (Å²) in [7, 11) is 0. The molecule has 1 heterocycles. The summed E-state index contributed by atoms with van der Waals surface area (Å²) in [6.07, 6.45) is -3.52. The van der Waals surface area contributed by atoms with Crippen LogP contribution < -0.4 is 0 Å². The van der Waals surface area contributed by atoms with E-state index >= 15 is 0 Å². The van der Waals surface area contributed by atoms with Crippen LogP contribution in [-0.4, -0.2) is 16.5 Å². The van der Waals surface area contributed by atoms with E-state index in [9.17, 15) is 18.0 Å². The molecule has 0 atom stereocenters. The van der Waals surface area contributed by atoms with Crippen molar-refractivity contribution in [3.63, 3.8) is 0 Å². The van der Waals surface area contributed by atoms with E-state index in [4.69, 9.17) is 0 Å². The number of alkyl halides is 3. The zero-order chi connectivity index (χ0) is 14.8. The van der Waals surface area contributed by atoms with Crippen LogP contribution in [0.25, 0.3) is 0 Å². The minimum Gasteiger partial charge on any atom is -0.292 e. The molecule has 0 aliphatic rings. The molecule has 1 aromatic heterocycles. The fourth-order valence-corrected chi connectivity index (χ4v) is 3.57. The van der Waals surface area contributed by atoms with Crippen LogP contribution in [0.3, 0.4) is 0 Å². The van der Waals surface area contributed by atoms with Crippen molar-refractivity contribution in [1.82, 2.24) is 4.98 Å². The minimum atomic E-state index is -4.50. The van der Waals surface area contributed by atoms with Gasteiger partial charge in [-0.15, -0.1) is 23.1 Å². The van der Waals surface area contributed by atoms with Gasteiger partial charge in [0.05, 0.1) is 10.6 Å². The fraction of sp³-hybridized carbons (Fsp3) is 0.167. The van der Waals surface area contributed by atoms with Gasteiger partial charge < -0.3 is 0 Å². The standard InChI is InChI=1S/C12H7BrF3NOS2/c13-7-3-1-2-4-9(7)19-6-8(18)10-5-17-11(20-10)12(14,15)16/h1-5H,6H2. The molecule has 1 aromatic carbocycles. The average Bonchev–Trinajstić information content (AvgIpc) is 2.87. The quantitative estimate of drug-likeness (QED) is 0.557. The molecule has 0 amide bonds. The first-order valence-electron chi connectivity index (χ1n) is 5.31. The molecule has 0 unspecified atom stereocenters. The molecule has 0 bridgehead atoms. The van der Waals surface area contributed by atoms with Crippen molar-refractivity contribution in [2.24, 2.45) is 0 Å². The summed E-state index contributed by atoms with van der Waals surface area (Å²) in [5, 5.41) is -0.994. The number of halogens is 4. The highest BCUT2D eigenvalue weighted by atomic mass is 79.9. The van der Waals surface area contributed by atoms with E-state index in [-0.39, 0.29) is 16.4 Å². The summed E-state index contributed by atoms with van der Waals surface area (Å²) in [5.41, 5.74) is 0. The van der Waals surface area contributed by atoms with E-state index in [2.05, 4.69) is 20.9 Å². The van der Waals surface area contributed by atoms with Crippen molar-refractivity contribution >= 4 is 44.8 Å². The van der Waals surface area contributed by atoms with Crippen LogP contribution in [0.15, 0.2) is 39.8 Å².